The molecule has 0 heterocycles. The zero-order valence-electron chi connectivity index (χ0n) is 13.4. The summed E-state index contributed by atoms with van der Waals surface area (Å²) in [6.45, 7) is 0.200. The van der Waals surface area contributed by atoms with Crippen molar-refractivity contribution in [1.29, 1.82) is 0 Å². The molecule has 0 unspecified atom stereocenters. The zero-order valence-corrected chi connectivity index (χ0v) is 13.4. The number of hydrogen-bond donors (Lipinski definition) is 1. The molecule has 0 atom stereocenters. The molecule has 6 heteroatoms. The fraction of sp³-hybridized carbons (Fsp3) is 0.167. The minimum atomic E-state index is -0.505. The maximum absolute atomic E-state index is 11.9. The Balaban J connectivity index is 1.89. The van der Waals surface area contributed by atoms with E-state index in [0.717, 1.165) is 11.3 Å². The van der Waals surface area contributed by atoms with E-state index in [9.17, 15) is 14.9 Å². The maximum Gasteiger partial charge on any atom is 0.269 e. The molecule has 0 saturated heterocycles. The molecule has 2 rings (SSSR count). The second kappa shape index (κ2) is 7.79. The highest BCUT2D eigenvalue weighted by molar-refractivity contribution is 5.94. The lowest BCUT2D eigenvalue weighted by molar-refractivity contribution is -0.384. The third-order valence-electron chi connectivity index (χ3n) is 3.29. The Bertz CT molecular complexity index is 785. The van der Waals surface area contributed by atoms with Crippen molar-refractivity contribution in [3.63, 3.8) is 0 Å². The Hall–Kier alpha value is -3.33. The highest BCUT2D eigenvalue weighted by atomic mass is 16.6. The fourth-order valence-corrected chi connectivity index (χ4v) is 1.95. The summed E-state index contributed by atoms with van der Waals surface area (Å²) in [5.74, 6) is 5.53. The molecule has 2 aromatic carbocycles. The van der Waals surface area contributed by atoms with Gasteiger partial charge in [0, 0.05) is 43.0 Å². The van der Waals surface area contributed by atoms with Crippen LogP contribution in [0.25, 0.3) is 0 Å². The first kappa shape index (κ1) is 17.0. The van der Waals surface area contributed by atoms with Gasteiger partial charge in [-0.3, -0.25) is 14.9 Å². The molecule has 0 saturated carbocycles. The molecule has 0 fully saturated rings. The number of anilines is 1. The van der Waals surface area contributed by atoms with E-state index in [1.165, 1.54) is 24.3 Å². The number of nitro benzene ring substituents is 1. The van der Waals surface area contributed by atoms with Crippen molar-refractivity contribution in [3.8, 4) is 11.8 Å². The van der Waals surface area contributed by atoms with Crippen molar-refractivity contribution in [2.24, 2.45) is 0 Å². The van der Waals surface area contributed by atoms with Gasteiger partial charge in [-0.2, -0.15) is 0 Å². The number of carbonyl (C=O) groups excluding carboxylic acids is 1. The van der Waals surface area contributed by atoms with Gasteiger partial charge in [-0.25, -0.2) is 0 Å². The summed E-state index contributed by atoms with van der Waals surface area (Å²) in [5.41, 5.74) is 2.27. The molecule has 6 nitrogen and oxygen atoms in total. The van der Waals surface area contributed by atoms with E-state index in [4.69, 9.17) is 0 Å². The molecule has 0 spiro atoms. The van der Waals surface area contributed by atoms with Gasteiger partial charge in [0.25, 0.3) is 11.6 Å². The Morgan fingerprint density at radius 1 is 1.12 bits per heavy atom. The summed E-state index contributed by atoms with van der Waals surface area (Å²) in [5, 5.41) is 13.2. The van der Waals surface area contributed by atoms with E-state index in [1.54, 1.807) is 0 Å². The van der Waals surface area contributed by atoms with E-state index in [-0.39, 0.29) is 18.1 Å². The Kier molecular flexibility index (Phi) is 5.53. The summed E-state index contributed by atoms with van der Waals surface area (Å²) in [6, 6.07) is 13.2. The molecule has 1 amide bonds. The van der Waals surface area contributed by atoms with Crippen LogP contribution in [0.5, 0.6) is 0 Å². The highest BCUT2D eigenvalue weighted by Crippen LogP contribution is 2.12. The summed E-state index contributed by atoms with van der Waals surface area (Å²) in [6.07, 6.45) is 0. The number of hydrogen-bond acceptors (Lipinski definition) is 4. The monoisotopic (exact) mass is 323 g/mol. The molecular weight excluding hydrogens is 306 g/mol. The molecule has 1 N–H and O–H groups in total. The van der Waals surface area contributed by atoms with Crippen LogP contribution in [0.15, 0.2) is 48.5 Å². The van der Waals surface area contributed by atoms with Crippen LogP contribution >= 0.6 is 0 Å². The van der Waals surface area contributed by atoms with Crippen LogP contribution in [-0.4, -0.2) is 31.5 Å². The van der Waals surface area contributed by atoms with Crippen molar-refractivity contribution in [2.45, 2.75) is 0 Å². The average molecular weight is 323 g/mol. The van der Waals surface area contributed by atoms with Crippen LogP contribution in [0, 0.1) is 22.0 Å². The summed E-state index contributed by atoms with van der Waals surface area (Å²) in [4.78, 5) is 24.0. The number of nitro groups is 1. The van der Waals surface area contributed by atoms with Crippen molar-refractivity contribution < 1.29 is 9.72 Å². The first-order chi connectivity index (χ1) is 11.5. The van der Waals surface area contributed by atoms with Crippen LogP contribution in [0.3, 0.4) is 0 Å². The molecule has 0 bridgehead atoms. The minimum absolute atomic E-state index is 0.0486. The van der Waals surface area contributed by atoms with Gasteiger partial charge in [-0.05, 0) is 36.4 Å². The normalized spacial score (nSPS) is 9.58. The smallest absolute Gasteiger partial charge is 0.269 e. The second-order valence-electron chi connectivity index (χ2n) is 5.23. The van der Waals surface area contributed by atoms with Gasteiger partial charge in [0.1, 0.15) is 0 Å². The van der Waals surface area contributed by atoms with Gasteiger partial charge in [0.05, 0.1) is 11.5 Å². The lowest BCUT2D eigenvalue weighted by Crippen LogP contribution is -2.23. The predicted octanol–water partition coefficient (Wildman–Crippen LogP) is 2.44. The number of amides is 1. The molecule has 122 valence electrons. The molecule has 24 heavy (non-hydrogen) atoms. The van der Waals surface area contributed by atoms with Crippen molar-refractivity contribution in [2.75, 3.05) is 25.5 Å². The van der Waals surface area contributed by atoms with Gasteiger partial charge in [0.15, 0.2) is 0 Å². The van der Waals surface area contributed by atoms with Gasteiger partial charge < -0.3 is 10.2 Å². The minimum Gasteiger partial charge on any atom is -0.378 e. The van der Waals surface area contributed by atoms with Crippen LogP contribution in [0.1, 0.15) is 15.9 Å². The van der Waals surface area contributed by atoms with Crippen molar-refractivity contribution >= 4 is 17.3 Å². The average Bonchev–Trinajstić information content (AvgIpc) is 2.59. The molecule has 0 aliphatic heterocycles. The van der Waals surface area contributed by atoms with Gasteiger partial charge in [0.2, 0.25) is 0 Å². The number of benzene rings is 2. The predicted molar refractivity (Wildman–Crippen MR) is 93.1 cm³/mol. The van der Waals surface area contributed by atoms with Crippen LogP contribution in [-0.2, 0) is 0 Å². The summed E-state index contributed by atoms with van der Waals surface area (Å²) in [7, 11) is 3.93. The summed E-state index contributed by atoms with van der Waals surface area (Å²) >= 11 is 0. The Labute approximate surface area is 140 Å². The highest BCUT2D eigenvalue weighted by Gasteiger charge is 2.08. The van der Waals surface area contributed by atoms with Crippen LogP contribution < -0.4 is 10.2 Å². The van der Waals surface area contributed by atoms with E-state index in [2.05, 4.69) is 17.2 Å². The van der Waals surface area contributed by atoms with Crippen LogP contribution in [0.2, 0.25) is 0 Å². The number of rotatable bonds is 4. The third-order valence-corrected chi connectivity index (χ3v) is 3.29. The quantitative estimate of drug-likeness (QED) is 0.533. The number of nitrogens with one attached hydrogen (secondary N) is 1. The number of carbonyl (C=O) groups is 1. The third kappa shape index (κ3) is 4.58. The number of non-ortho nitro benzene ring substituents is 1. The Morgan fingerprint density at radius 2 is 1.75 bits per heavy atom. The molecule has 0 aromatic heterocycles. The zero-order chi connectivity index (χ0) is 17.5. The van der Waals surface area contributed by atoms with Gasteiger partial charge in [-0.15, -0.1) is 0 Å². The lowest BCUT2D eigenvalue weighted by Gasteiger charge is -2.11. The Morgan fingerprint density at radius 3 is 2.29 bits per heavy atom. The van der Waals surface area contributed by atoms with Gasteiger partial charge in [-0.1, -0.05) is 11.8 Å². The van der Waals surface area contributed by atoms with E-state index in [1.807, 2.05) is 43.3 Å². The molecular formula is C18H17N3O3. The lowest BCUT2D eigenvalue weighted by atomic mass is 10.2. The van der Waals surface area contributed by atoms with Crippen molar-refractivity contribution in [1.82, 2.24) is 5.32 Å². The van der Waals surface area contributed by atoms with Crippen LogP contribution in [0.4, 0.5) is 11.4 Å². The van der Waals surface area contributed by atoms with E-state index in [0.29, 0.717) is 5.56 Å². The molecule has 0 radical (unpaired) electrons. The SMILES string of the molecule is CN(C)c1ccc(C#CCNC(=O)c2ccc([N+](=O)[O-])cc2)cc1. The topological polar surface area (TPSA) is 75.5 Å². The standard InChI is InChI=1S/C18H17N3O3/c1-20(2)16-9-5-14(6-10-16)4-3-13-19-18(22)15-7-11-17(12-8-15)21(23)24/h5-12H,13H2,1-2H3,(H,19,22). The van der Waals surface area contributed by atoms with Gasteiger partial charge >= 0.3 is 0 Å². The molecule has 2 aromatic rings. The fourth-order valence-electron chi connectivity index (χ4n) is 1.95. The molecule has 0 aliphatic carbocycles. The second-order valence-corrected chi connectivity index (χ2v) is 5.23. The first-order valence-corrected chi connectivity index (χ1v) is 7.26. The van der Waals surface area contributed by atoms with E-state index >= 15 is 0 Å². The van der Waals surface area contributed by atoms with E-state index < -0.39 is 4.92 Å². The first-order valence-electron chi connectivity index (χ1n) is 7.26. The summed E-state index contributed by atoms with van der Waals surface area (Å²) < 4.78 is 0. The van der Waals surface area contributed by atoms with Crippen molar-refractivity contribution in [3.05, 3.63) is 69.8 Å². The maximum atomic E-state index is 11.9. The number of nitrogens with zero attached hydrogens (tertiary/aromatic N) is 2. The largest absolute Gasteiger partial charge is 0.378 e. The molecule has 0 aliphatic rings.